The van der Waals surface area contributed by atoms with Crippen molar-refractivity contribution in [2.45, 2.75) is 90.9 Å². The van der Waals surface area contributed by atoms with Crippen LogP contribution in [0.3, 0.4) is 0 Å². The molecule has 0 fully saturated rings. The molecule has 0 aliphatic carbocycles. The Labute approximate surface area is 148 Å². The van der Waals surface area contributed by atoms with Gasteiger partial charge in [-0.15, -0.1) is 0 Å². The number of carbonyl (C=O) groups excluding carboxylic acids is 2. The van der Waals surface area contributed by atoms with Gasteiger partial charge in [0.15, 0.2) is 0 Å². The van der Waals surface area contributed by atoms with Crippen LogP contribution in [0.5, 0.6) is 0 Å². The van der Waals surface area contributed by atoms with E-state index >= 15 is 0 Å². The van der Waals surface area contributed by atoms with Crippen LogP contribution in [-0.2, 0) is 14.3 Å². The van der Waals surface area contributed by atoms with E-state index in [1.165, 1.54) is 64.7 Å². The van der Waals surface area contributed by atoms with Crippen LogP contribution in [0.15, 0.2) is 0 Å². The Kier molecular flexibility index (Phi) is 19.3. The van der Waals surface area contributed by atoms with E-state index < -0.39 is 5.97 Å². The molecular weight excluding hydrogens is 263 g/mol. The summed E-state index contributed by atoms with van der Waals surface area (Å²) in [5.41, 5.74) is 0. The van der Waals surface area contributed by atoms with Gasteiger partial charge in [0, 0.05) is 13.3 Å². The summed E-state index contributed by atoms with van der Waals surface area (Å²) in [4.78, 5) is 21.6. The summed E-state index contributed by atoms with van der Waals surface area (Å²) in [5.74, 6) is -0.892. The zero-order chi connectivity index (χ0) is 14.3. The Hall–Kier alpha value is 0.140. The van der Waals surface area contributed by atoms with E-state index in [9.17, 15) is 9.59 Å². The molecule has 0 bridgehead atoms. The van der Waals surface area contributed by atoms with Crippen LogP contribution in [0, 0.1) is 0 Å². The molecular formula is C16H31NaO3. The first kappa shape index (κ1) is 22.4. The second-order valence-corrected chi connectivity index (χ2v) is 5.25. The minimum Gasteiger partial charge on any atom is -1.00 e. The zero-order valence-corrected chi connectivity index (χ0v) is 15.7. The van der Waals surface area contributed by atoms with Gasteiger partial charge in [0.2, 0.25) is 0 Å². The molecule has 0 N–H and O–H groups in total. The summed E-state index contributed by atoms with van der Waals surface area (Å²) in [6.45, 7) is 3.50. The average Bonchev–Trinajstić information content (AvgIpc) is 2.35. The molecule has 0 aromatic heterocycles. The molecule has 0 spiro atoms. The third-order valence-corrected chi connectivity index (χ3v) is 3.24. The van der Waals surface area contributed by atoms with Crippen molar-refractivity contribution in [1.29, 1.82) is 0 Å². The summed E-state index contributed by atoms with van der Waals surface area (Å²) in [6.07, 6.45) is 14.2. The van der Waals surface area contributed by atoms with E-state index in [-0.39, 0.29) is 37.0 Å². The van der Waals surface area contributed by atoms with E-state index in [0.717, 1.165) is 12.8 Å². The normalized spacial score (nSPS) is 9.90. The molecule has 0 rings (SSSR count). The van der Waals surface area contributed by atoms with Crippen LogP contribution in [0.4, 0.5) is 0 Å². The fraction of sp³-hybridized carbons (Fsp3) is 0.875. The summed E-state index contributed by atoms with van der Waals surface area (Å²) in [7, 11) is 0. The molecule has 4 heteroatoms. The van der Waals surface area contributed by atoms with Crippen molar-refractivity contribution in [3.8, 4) is 0 Å². The Balaban J connectivity index is -0.00000162. The maximum absolute atomic E-state index is 11.1. The third kappa shape index (κ3) is 18.1. The fourth-order valence-electron chi connectivity index (χ4n) is 2.14. The molecule has 0 saturated carbocycles. The van der Waals surface area contributed by atoms with Gasteiger partial charge in [-0.25, -0.2) is 0 Å². The van der Waals surface area contributed by atoms with Gasteiger partial charge in [0.1, 0.15) is 0 Å². The van der Waals surface area contributed by atoms with Gasteiger partial charge in [0.25, 0.3) is 0 Å². The maximum atomic E-state index is 11.1. The van der Waals surface area contributed by atoms with Crippen LogP contribution in [0.2, 0.25) is 0 Å². The fourth-order valence-corrected chi connectivity index (χ4v) is 2.14. The van der Waals surface area contributed by atoms with E-state index in [2.05, 4.69) is 11.7 Å². The molecule has 0 aromatic carbocycles. The van der Waals surface area contributed by atoms with E-state index in [1.807, 2.05) is 0 Å². The van der Waals surface area contributed by atoms with Gasteiger partial charge in [-0.3, -0.25) is 9.59 Å². The zero-order valence-electron chi connectivity index (χ0n) is 14.7. The first-order valence-corrected chi connectivity index (χ1v) is 7.88. The summed E-state index contributed by atoms with van der Waals surface area (Å²) in [5, 5.41) is 0. The van der Waals surface area contributed by atoms with Crippen LogP contribution >= 0.6 is 0 Å². The standard InChI is InChI=1S/C16H30O3.Na.H/c1-3-4-5-6-7-8-9-10-11-12-13-14-16(18)19-15(2)17;;/h3-14H2,1-2H3;;/q;+1;-1. The Morgan fingerprint density at radius 1 is 0.800 bits per heavy atom. The van der Waals surface area contributed by atoms with E-state index in [4.69, 9.17) is 0 Å². The molecule has 0 radical (unpaired) electrons. The minimum atomic E-state index is -0.506. The van der Waals surface area contributed by atoms with Crippen LogP contribution in [-0.4, -0.2) is 11.9 Å². The second kappa shape index (κ2) is 17.2. The van der Waals surface area contributed by atoms with Crippen molar-refractivity contribution < 1.29 is 45.3 Å². The SMILES string of the molecule is CCCCCCCCCCCCCC(=O)OC(C)=O.[H-].[Na+]. The van der Waals surface area contributed by atoms with Gasteiger partial charge in [-0.2, -0.15) is 0 Å². The monoisotopic (exact) mass is 294 g/mol. The van der Waals surface area contributed by atoms with Crippen molar-refractivity contribution in [3.05, 3.63) is 0 Å². The Morgan fingerprint density at radius 2 is 1.20 bits per heavy atom. The minimum absolute atomic E-state index is 0. The number of carbonyl (C=O) groups is 2. The van der Waals surface area contributed by atoms with Gasteiger partial charge < -0.3 is 6.16 Å². The van der Waals surface area contributed by atoms with E-state index in [1.54, 1.807) is 0 Å². The molecule has 0 aliphatic heterocycles. The number of unbranched alkanes of at least 4 members (excludes halogenated alkanes) is 10. The first-order valence-electron chi connectivity index (χ1n) is 7.88. The Morgan fingerprint density at radius 3 is 1.60 bits per heavy atom. The molecule has 0 aromatic rings. The molecule has 0 unspecified atom stereocenters. The molecule has 0 heterocycles. The molecule has 0 saturated heterocycles. The smallest absolute Gasteiger partial charge is 1.00 e. The maximum Gasteiger partial charge on any atom is 1.00 e. The van der Waals surface area contributed by atoms with Crippen molar-refractivity contribution in [1.82, 2.24) is 0 Å². The number of rotatable bonds is 12. The predicted octanol–water partition coefficient (Wildman–Crippen LogP) is 1.89. The van der Waals surface area contributed by atoms with Gasteiger partial charge >= 0.3 is 41.5 Å². The first-order chi connectivity index (χ1) is 9.16. The van der Waals surface area contributed by atoms with Crippen molar-refractivity contribution in [3.63, 3.8) is 0 Å². The summed E-state index contributed by atoms with van der Waals surface area (Å²) < 4.78 is 4.46. The van der Waals surface area contributed by atoms with Gasteiger partial charge in [-0.05, 0) is 6.42 Å². The topological polar surface area (TPSA) is 43.4 Å². The largest absolute Gasteiger partial charge is 1.00 e. The number of hydrogen-bond donors (Lipinski definition) is 0. The van der Waals surface area contributed by atoms with E-state index in [0.29, 0.717) is 6.42 Å². The molecule has 0 amide bonds. The Bertz CT molecular complexity index is 248. The molecule has 0 aliphatic rings. The van der Waals surface area contributed by atoms with Crippen molar-refractivity contribution >= 4 is 11.9 Å². The third-order valence-electron chi connectivity index (χ3n) is 3.24. The second-order valence-electron chi connectivity index (χ2n) is 5.25. The average molecular weight is 294 g/mol. The number of esters is 2. The molecule has 114 valence electrons. The summed E-state index contributed by atoms with van der Waals surface area (Å²) in [6, 6.07) is 0. The van der Waals surface area contributed by atoms with Crippen LogP contribution in [0.1, 0.15) is 92.3 Å². The van der Waals surface area contributed by atoms with Crippen LogP contribution in [0.25, 0.3) is 0 Å². The van der Waals surface area contributed by atoms with Crippen molar-refractivity contribution in [2.24, 2.45) is 0 Å². The summed E-state index contributed by atoms with van der Waals surface area (Å²) >= 11 is 0. The number of hydrogen-bond acceptors (Lipinski definition) is 3. The van der Waals surface area contributed by atoms with Gasteiger partial charge in [0.05, 0.1) is 0 Å². The van der Waals surface area contributed by atoms with Crippen molar-refractivity contribution in [2.75, 3.05) is 0 Å². The molecule has 20 heavy (non-hydrogen) atoms. The van der Waals surface area contributed by atoms with Gasteiger partial charge in [-0.1, -0.05) is 71.1 Å². The molecule has 3 nitrogen and oxygen atoms in total. The number of ether oxygens (including phenoxy) is 1. The van der Waals surface area contributed by atoms with Crippen LogP contribution < -0.4 is 29.6 Å². The molecule has 0 atom stereocenters. The quantitative estimate of drug-likeness (QED) is 0.239. The predicted molar refractivity (Wildman–Crippen MR) is 79.0 cm³/mol.